The van der Waals surface area contributed by atoms with Crippen molar-refractivity contribution < 1.29 is 14.7 Å². The Morgan fingerprint density at radius 1 is 1.09 bits per heavy atom. The van der Waals surface area contributed by atoms with E-state index in [1.165, 1.54) is 25.7 Å². The summed E-state index contributed by atoms with van der Waals surface area (Å²) < 4.78 is 0. The molecule has 0 spiro atoms. The van der Waals surface area contributed by atoms with Crippen molar-refractivity contribution in [1.82, 2.24) is 10.6 Å². The molecule has 0 aromatic heterocycles. The standard InChI is InChI=1S/C18H32N2O3/c1-2-15(12-21)20-18(23)14-7-9-16(10-8-14)19-17(22)11-13-5-3-4-6-13/h13-16,21H,2-12H2,1H3,(H,19,22)(H,20,23). The molecule has 2 fully saturated rings. The van der Waals surface area contributed by atoms with E-state index in [-0.39, 0.29) is 36.4 Å². The number of carbonyl (C=O) groups is 2. The SMILES string of the molecule is CCC(CO)NC(=O)C1CCC(NC(=O)CC2CCCC2)CC1. The monoisotopic (exact) mass is 324 g/mol. The molecule has 3 N–H and O–H groups in total. The van der Waals surface area contributed by atoms with E-state index >= 15 is 0 Å². The molecule has 0 aromatic rings. The molecular formula is C18H32N2O3. The normalized spacial score (nSPS) is 26.7. The summed E-state index contributed by atoms with van der Waals surface area (Å²) in [7, 11) is 0. The summed E-state index contributed by atoms with van der Waals surface area (Å²) >= 11 is 0. The van der Waals surface area contributed by atoms with Crippen LogP contribution in [0.4, 0.5) is 0 Å². The molecule has 0 aromatic carbocycles. The molecule has 0 radical (unpaired) electrons. The van der Waals surface area contributed by atoms with Gasteiger partial charge in [-0.25, -0.2) is 0 Å². The van der Waals surface area contributed by atoms with Crippen LogP contribution in [0.15, 0.2) is 0 Å². The number of rotatable bonds is 7. The summed E-state index contributed by atoms with van der Waals surface area (Å²) in [4.78, 5) is 24.3. The minimum Gasteiger partial charge on any atom is -0.394 e. The third kappa shape index (κ3) is 5.79. The Kier molecular flexibility index (Phi) is 7.34. The van der Waals surface area contributed by atoms with Crippen molar-refractivity contribution in [2.75, 3.05) is 6.61 Å². The van der Waals surface area contributed by atoms with E-state index in [1.54, 1.807) is 0 Å². The fraction of sp³-hybridized carbons (Fsp3) is 0.889. The van der Waals surface area contributed by atoms with E-state index < -0.39 is 0 Å². The van der Waals surface area contributed by atoms with E-state index in [4.69, 9.17) is 5.11 Å². The highest BCUT2D eigenvalue weighted by Crippen LogP contribution is 2.28. The van der Waals surface area contributed by atoms with Gasteiger partial charge in [0.1, 0.15) is 0 Å². The number of amides is 2. The molecule has 2 saturated carbocycles. The third-order valence-corrected chi connectivity index (χ3v) is 5.47. The molecule has 2 aliphatic rings. The first-order valence-electron chi connectivity index (χ1n) is 9.33. The molecule has 2 amide bonds. The van der Waals surface area contributed by atoms with Crippen LogP contribution in [0, 0.1) is 11.8 Å². The largest absolute Gasteiger partial charge is 0.394 e. The van der Waals surface area contributed by atoms with Gasteiger partial charge in [0.15, 0.2) is 0 Å². The van der Waals surface area contributed by atoms with Crippen LogP contribution >= 0.6 is 0 Å². The van der Waals surface area contributed by atoms with Gasteiger partial charge in [0.2, 0.25) is 11.8 Å². The fourth-order valence-corrected chi connectivity index (χ4v) is 3.86. The molecule has 2 aliphatic carbocycles. The quantitative estimate of drug-likeness (QED) is 0.671. The molecule has 0 saturated heterocycles. The van der Waals surface area contributed by atoms with Crippen molar-refractivity contribution in [3.63, 3.8) is 0 Å². The molecular weight excluding hydrogens is 292 g/mol. The van der Waals surface area contributed by atoms with Gasteiger partial charge in [0.05, 0.1) is 12.6 Å². The van der Waals surface area contributed by atoms with E-state index in [9.17, 15) is 9.59 Å². The maximum Gasteiger partial charge on any atom is 0.223 e. The molecule has 132 valence electrons. The van der Waals surface area contributed by atoms with Crippen LogP contribution in [-0.2, 0) is 9.59 Å². The van der Waals surface area contributed by atoms with E-state index in [0.717, 1.165) is 32.1 Å². The summed E-state index contributed by atoms with van der Waals surface area (Å²) in [5, 5.41) is 15.2. The first-order valence-corrected chi connectivity index (χ1v) is 9.33. The van der Waals surface area contributed by atoms with Crippen LogP contribution < -0.4 is 10.6 Å². The highest BCUT2D eigenvalue weighted by atomic mass is 16.3. The lowest BCUT2D eigenvalue weighted by Gasteiger charge is -2.29. The minimum atomic E-state index is -0.133. The summed E-state index contributed by atoms with van der Waals surface area (Å²) in [5.74, 6) is 0.859. The maximum absolute atomic E-state index is 12.2. The Morgan fingerprint density at radius 2 is 1.74 bits per heavy atom. The first-order chi connectivity index (χ1) is 11.1. The predicted octanol–water partition coefficient (Wildman–Crippen LogP) is 2.13. The second-order valence-corrected chi connectivity index (χ2v) is 7.27. The molecule has 0 bridgehead atoms. The highest BCUT2D eigenvalue weighted by molar-refractivity contribution is 5.79. The Balaban J connectivity index is 1.66. The molecule has 2 rings (SSSR count). The van der Waals surface area contributed by atoms with E-state index in [0.29, 0.717) is 12.3 Å². The van der Waals surface area contributed by atoms with Crippen molar-refractivity contribution >= 4 is 11.8 Å². The van der Waals surface area contributed by atoms with Crippen LogP contribution in [-0.4, -0.2) is 35.6 Å². The summed E-state index contributed by atoms with van der Waals surface area (Å²) in [6.07, 6.45) is 9.76. The van der Waals surface area contributed by atoms with Gasteiger partial charge in [-0.1, -0.05) is 19.8 Å². The Bertz CT molecular complexity index is 382. The van der Waals surface area contributed by atoms with E-state index in [2.05, 4.69) is 10.6 Å². The topological polar surface area (TPSA) is 78.4 Å². The Hall–Kier alpha value is -1.10. The van der Waals surface area contributed by atoms with Gasteiger partial charge in [-0.15, -0.1) is 0 Å². The average Bonchev–Trinajstić information content (AvgIpc) is 3.05. The van der Waals surface area contributed by atoms with Crippen LogP contribution in [0.25, 0.3) is 0 Å². The van der Waals surface area contributed by atoms with Crippen molar-refractivity contribution in [1.29, 1.82) is 0 Å². The van der Waals surface area contributed by atoms with Crippen LogP contribution in [0.2, 0.25) is 0 Å². The van der Waals surface area contributed by atoms with Crippen molar-refractivity contribution in [2.24, 2.45) is 11.8 Å². The number of hydrogen-bond donors (Lipinski definition) is 3. The van der Waals surface area contributed by atoms with Gasteiger partial charge in [0, 0.05) is 18.4 Å². The number of aliphatic hydroxyl groups excluding tert-OH is 1. The number of aliphatic hydroxyl groups is 1. The zero-order chi connectivity index (χ0) is 16.7. The molecule has 23 heavy (non-hydrogen) atoms. The average molecular weight is 324 g/mol. The van der Waals surface area contributed by atoms with Crippen LogP contribution in [0.3, 0.4) is 0 Å². The predicted molar refractivity (Wildman–Crippen MR) is 89.8 cm³/mol. The Labute approximate surface area is 139 Å². The number of nitrogens with one attached hydrogen (secondary N) is 2. The number of hydrogen-bond acceptors (Lipinski definition) is 3. The van der Waals surface area contributed by atoms with Gasteiger partial charge in [-0.2, -0.15) is 0 Å². The third-order valence-electron chi connectivity index (χ3n) is 5.47. The van der Waals surface area contributed by atoms with Crippen molar-refractivity contribution in [3.05, 3.63) is 0 Å². The van der Waals surface area contributed by atoms with Gasteiger partial charge < -0.3 is 15.7 Å². The lowest BCUT2D eigenvalue weighted by atomic mass is 9.85. The smallest absolute Gasteiger partial charge is 0.223 e. The molecule has 5 heteroatoms. The molecule has 5 nitrogen and oxygen atoms in total. The fourth-order valence-electron chi connectivity index (χ4n) is 3.86. The zero-order valence-corrected chi connectivity index (χ0v) is 14.4. The minimum absolute atomic E-state index is 0.00515. The van der Waals surface area contributed by atoms with Gasteiger partial charge in [-0.3, -0.25) is 9.59 Å². The second-order valence-electron chi connectivity index (χ2n) is 7.27. The lowest BCUT2D eigenvalue weighted by Crippen LogP contribution is -2.44. The van der Waals surface area contributed by atoms with Crippen molar-refractivity contribution in [3.8, 4) is 0 Å². The first kappa shape index (κ1) is 18.2. The lowest BCUT2D eigenvalue weighted by molar-refractivity contribution is -0.127. The van der Waals surface area contributed by atoms with Crippen LogP contribution in [0.1, 0.15) is 71.1 Å². The molecule has 1 atom stereocenters. The Morgan fingerprint density at radius 3 is 2.30 bits per heavy atom. The summed E-state index contributed by atoms with van der Waals surface area (Å²) in [6, 6.07) is 0.0964. The van der Waals surface area contributed by atoms with Crippen LogP contribution in [0.5, 0.6) is 0 Å². The molecule has 0 heterocycles. The van der Waals surface area contributed by atoms with Gasteiger partial charge in [-0.05, 0) is 50.9 Å². The number of carbonyl (C=O) groups excluding carboxylic acids is 2. The zero-order valence-electron chi connectivity index (χ0n) is 14.4. The molecule has 0 aliphatic heterocycles. The van der Waals surface area contributed by atoms with Gasteiger partial charge in [0.25, 0.3) is 0 Å². The summed E-state index contributed by atoms with van der Waals surface area (Å²) in [5.41, 5.74) is 0. The van der Waals surface area contributed by atoms with E-state index in [1.807, 2.05) is 6.92 Å². The molecule has 1 unspecified atom stereocenters. The van der Waals surface area contributed by atoms with Crippen molar-refractivity contribution in [2.45, 2.75) is 83.2 Å². The second kappa shape index (κ2) is 9.26. The van der Waals surface area contributed by atoms with Gasteiger partial charge >= 0.3 is 0 Å². The highest BCUT2D eigenvalue weighted by Gasteiger charge is 2.28. The maximum atomic E-state index is 12.2. The summed E-state index contributed by atoms with van der Waals surface area (Å²) in [6.45, 7) is 1.95.